The van der Waals surface area contributed by atoms with Crippen LogP contribution in [0, 0.1) is 0 Å². The van der Waals surface area contributed by atoms with Crippen molar-refractivity contribution in [1.29, 1.82) is 0 Å². The van der Waals surface area contributed by atoms with Crippen LogP contribution in [0.5, 0.6) is 5.75 Å². The molecule has 2 heterocycles. The van der Waals surface area contributed by atoms with E-state index in [4.69, 9.17) is 27.9 Å². The summed E-state index contributed by atoms with van der Waals surface area (Å²) in [6.45, 7) is 12.2. The van der Waals surface area contributed by atoms with Crippen molar-refractivity contribution >= 4 is 29.1 Å². The van der Waals surface area contributed by atoms with E-state index in [0.717, 1.165) is 22.3 Å². The van der Waals surface area contributed by atoms with Crippen LogP contribution in [0.4, 0.5) is 0 Å². The molecule has 5 rings (SSSR count). The van der Waals surface area contributed by atoms with E-state index in [1.807, 2.05) is 66.4 Å². The van der Waals surface area contributed by atoms with E-state index in [0.29, 0.717) is 55.1 Å². The first-order valence-corrected chi connectivity index (χ1v) is 15.8. The summed E-state index contributed by atoms with van der Waals surface area (Å²) >= 11 is 12.6. The van der Waals surface area contributed by atoms with Gasteiger partial charge in [0.2, 0.25) is 0 Å². The van der Waals surface area contributed by atoms with Crippen LogP contribution in [0.1, 0.15) is 62.0 Å². The first-order valence-electron chi connectivity index (χ1n) is 15.0. The summed E-state index contributed by atoms with van der Waals surface area (Å²) in [5, 5.41) is 18.3. The zero-order chi connectivity index (χ0) is 30.8. The van der Waals surface area contributed by atoms with E-state index in [-0.39, 0.29) is 30.0 Å². The van der Waals surface area contributed by atoms with Crippen molar-refractivity contribution in [2.75, 3.05) is 45.9 Å². The monoisotopic (exact) mass is 624 g/mol. The summed E-state index contributed by atoms with van der Waals surface area (Å²) in [4.78, 5) is 19.0. The Kier molecular flexibility index (Phi) is 9.71. The maximum atomic E-state index is 14.9. The van der Waals surface area contributed by atoms with Crippen LogP contribution in [-0.2, 0) is 15.9 Å². The van der Waals surface area contributed by atoms with Gasteiger partial charge in [0.1, 0.15) is 5.75 Å². The van der Waals surface area contributed by atoms with E-state index in [1.54, 1.807) is 0 Å². The van der Waals surface area contributed by atoms with Gasteiger partial charge in [-0.1, -0.05) is 80.4 Å². The van der Waals surface area contributed by atoms with Crippen LogP contribution >= 0.6 is 23.2 Å². The molecular weight excluding hydrogens is 583 g/mol. The average Bonchev–Trinajstić information content (AvgIpc) is 3.39. The molecule has 0 bridgehead atoms. The van der Waals surface area contributed by atoms with Gasteiger partial charge >= 0.3 is 0 Å². The molecule has 1 amide bonds. The molecule has 9 heteroatoms. The van der Waals surface area contributed by atoms with Crippen molar-refractivity contribution in [3.8, 4) is 5.75 Å². The fraction of sp³-hybridized carbons (Fsp3) is 0.441. The first-order chi connectivity index (χ1) is 20.6. The Balaban J connectivity index is 1.65. The van der Waals surface area contributed by atoms with E-state index in [2.05, 4.69) is 48.4 Å². The maximum Gasteiger partial charge on any atom is 0.262 e. The summed E-state index contributed by atoms with van der Waals surface area (Å²) in [7, 11) is 0. The molecule has 0 radical (unpaired) electrons. The molecule has 2 saturated heterocycles. The number of carbonyl (C=O) groups excluding carboxylic acids is 1. The number of aliphatic hydroxyl groups excluding tert-OH is 1. The van der Waals surface area contributed by atoms with Gasteiger partial charge in [-0.25, -0.2) is 0 Å². The molecule has 7 nitrogen and oxygen atoms in total. The van der Waals surface area contributed by atoms with Crippen molar-refractivity contribution in [1.82, 2.24) is 20.4 Å². The molecule has 3 aromatic carbocycles. The minimum atomic E-state index is -1.28. The molecule has 1 unspecified atom stereocenters. The molecule has 2 fully saturated rings. The lowest BCUT2D eigenvalue weighted by Gasteiger charge is -2.40. The fourth-order valence-electron chi connectivity index (χ4n) is 6.09. The van der Waals surface area contributed by atoms with Crippen LogP contribution in [0.3, 0.4) is 0 Å². The van der Waals surface area contributed by atoms with Crippen LogP contribution in [-0.4, -0.2) is 66.8 Å². The lowest BCUT2D eigenvalue weighted by molar-refractivity contribution is -0.141. The van der Waals surface area contributed by atoms with Gasteiger partial charge in [-0.2, -0.15) is 0 Å². The van der Waals surface area contributed by atoms with Crippen LogP contribution in [0.25, 0.3) is 0 Å². The number of benzene rings is 3. The number of piperazine rings is 1. The molecule has 0 saturated carbocycles. The van der Waals surface area contributed by atoms with Crippen molar-refractivity contribution in [3.05, 3.63) is 99.0 Å². The summed E-state index contributed by atoms with van der Waals surface area (Å²) in [6, 6.07) is 21.2. The van der Waals surface area contributed by atoms with Crippen molar-refractivity contribution in [2.24, 2.45) is 0 Å². The van der Waals surface area contributed by atoms with Crippen LogP contribution in [0.2, 0.25) is 10.0 Å². The predicted molar refractivity (Wildman–Crippen MR) is 173 cm³/mol. The largest absolute Gasteiger partial charge is 0.493 e. The Hall–Kier alpha value is -2.65. The molecule has 3 N–H and O–H groups in total. The van der Waals surface area contributed by atoms with Gasteiger partial charge in [0.05, 0.1) is 25.3 Å². The Labute approximate surface area is 265 Å². The highest BCUT2D eigenvalue weighted by atomic mass is 35.5. The van der Waals surface area contributed by atoms with Gasteiger partial charge < -0.3 is 14.7 Å². The molecule has 2 aliphatic rings. The third-order valence-corrected chi connectivity index (χ3v) is 8.99. The third kappa shape index (κ3) is 6.72. The Morgan fingerprint density at radius 2 is 1.44 bits per heavy atom. The van der Waals surface area contributed by atoms with Crippen molar-refractivity contribution in [2.45, 2.75) is 50.9 Å². The number of amides is 1. The molecule has 43 heavy (non-hydrogen) atoms. The Bertz CT molecular complexity index is 1350. The van der Waals surface area contributed by atoms with E-state index in [9.17, 15) is 9.90 Å². The predicted octanol–water partition coefficient (Wildman–Crippen LogP) is 5.65. The van der Waals surface area contributed by atoms with Gasteiger partial charge in [-0.3, -0.25) is 20.3 Å². The van der Waals surface area contributed by atoms with Crippen molar-refractivity contribution in [3.63, 3.8) is 0 Å². The quantitative estimate of drug-likeness (QED) is 0.300. The number of carbonyl (C=O) groups is 1. The summed E-state index contributed by atoms with van der Waals surface area (Å²) in [5.74, 6) is 0.616. The number of hydrogen-bond donors (Lipinski definition) is 3. The second kappa shape index (κ2) is 13.1. The highest BCUT2D eigenvalue weighted by Gasteiger charge is 2.54. The third-order valence-electron chi connectivity index (χ3n) is 8.48. The van der Waals surface area contributed by atoms with Gasteiger partial charge in [-0.05, 0) is 59.4 Å². The fourth-order valence-corrected chi connectivity index (χ4v) is 6.34. The number of rotatable bonds is 8. The minimum Gasteiger partial charge on any atom is -0.493 e. The second-order valence-corrected chi connectivity index (χ2v) is 13.2. The molecule has 3 aromatic rings. The number of aliphatic hydroxyl groups is 1. The summed E-state index contributed by atoms with van der Waals surface area (Å²) in [6.07, 6.45) is 0. The normalized spacial score (nSPS) is 23.0. The number of β-amino-alcohol motifs (C(OH)–C–C–N with tert-alkyl or cyclic N) is 1. The average molecular weight is 626 g/mol. The summed E-state index contributed by atoms with van der Waals surface area (Å²) < 4.78 is 6.29. The highest BCUT2D eigenvalue weighted by Crippen LogP contribution is 2.45. The maximum absolute atomic E-state index is 14.9. The number of nitrogens with one attached hydrogen (secondary N) is 2. The zero-order valence-electron chi connectivity index (χ0n) is 25.4. The topological polar surface area (TPSA) is 77.1 Å². The number of ether oxygens (including phenoxy) is 1. The molecule has 0 spiro atoms. The van der Waals surface area contributed by atoms with Gasteiger partial charge in [0.15, 0.2) is 5.66 Å². The highest BCUT2D eigenvalue weighted by molar-refractivity contribution is 6.30. The van der Waals surface area contributed by atoms with E-state index < -0.39 is 5.66 Å². The van der Waals surface area contributed by atoms with Gasteiger partial charge in [-0.15, -0.1) is 0 Å². The van der Waals surface area contributed by atoms with Crippen LogP contribution < -0.4 is 15.4 Å². The molecule has 0 aliphatic carbocycles. The molecule has 3 atom stereocenters. The number of nitrogens with zero attached hydrogens (tertiary/aromatic N) is 2. The lowest BCUT2D eigenvalue weighted by atomic mass is 9.84. The van der Waals surface area contributed by atoms with E-state index in [1.165, 1.54) is 0 Å². The summed E-state index contributed by atoms with van der Waals surface area (Å²) in [5.41, 5.74) is 2.50. The SMILES string of the molecule is CCOc1cc(C(C)(C)C)ccc1C1(C(=O)N2CCN(CCO)CC2)N[C@H](c2ccc(Cl)cc2)[C@H](c2ccc(Cl)cc2)N1. The second-order valence-electron chi connectivity index (χ2n) is 12.3. The number of halogens is 2. The molecular formula is C34H42Cl2N4O3. The van der Waals surface area contributed by atoms with Gasteiger partial charge in [0.25, 0.3) is 5.91 Å². The Morgan fingerprint density at radius 1 is 0.907 bits per heavy atom. The van der Waals surface area contributed by atoms with Crippen molar-refractivity contribution < 1.29 is 14.6 Å². The minimum absolute atomic E-state index is 0.0592. The van der Waals surface area contributed by atoms with E-state index >= 15 is 0 Å². The Morgan fingerprint density at radius 3 is 1.91 bits per heavy atom. The smallest absolute Gasteiger partial charge is 0.262 e. The first kappa shape index (κ1) is 31.8. The lowest BCUT2D eigenvalue weighted by Crippen LogP contribution is -2.62. The standard InChI is InChI=1S/C34H42Cl2N4O3/c1-5-43-29-22-25(33(2,3)4)10-15-28(29)34(32(42)40-18-16-39(17-19-40)20-21-41)37-30(23-6-11-26(35)12-7-23)31(38-34)24-8-13-27(36)14-9-24/h6-15,22,30-31,37-38,41H,5,16-21H2,1-4H3/t30-,31+,34?. The van der Waals surface area contributed by atoms with Crippen LogP contribution in [0.15, 0.2) is 66.7 Å². The molecule has 2 aliphatic heterocycles. The zero-order valence-corrected chi connectivity index (χ0v) is 26.9. The number of hydrogen-bond acceptors (Lipinski definition) is 6. The molecule has 230 valence electrons. The van der Waals surface area contributed by atoms with Gasteiger partial charge in [0, 0.05) is 48.3 Å². The molecule has 0 aromatic heterocycles.